The molecule has 0 aliphatic heterocycles. The van der Waals surface area contributed by atoms with Gasteiger partial charge in [0.2, 0.25) is 0 Å². The molecule has 0 radical (unpaired) electrons. The Labute approximate surface area is 81.2 Å². The summed E-state index contributed by atoms with van der Waals surface area (Å²) >= 11 is 0. The van der Waals surface area contributed by atoms with Crippen LogP contribution in [0.5, 0.6) is 0 Å². The van der Waals surface area contributed by atoms with Gasteiger partial charge in [0.05, 0.1) is 13.2 Å². The van der Waals surface area contributed by atoms with Crippen LogP contribution in [0, 0.1) is 0 Å². The first kappa shape index (κ1) is 12.9. The van der Waals surface area contributed by atoms with Crippen molar-refractivity contribution in [1.82, 2.24) is 5.32 Å². The van der Waals surface area contributed by atoms with Crippen LogP contribution in [0.4, 0.5) is 0 Å². The lowest BCUT2D eigenvalue weighted by Crippen LogP contribution is -2.34. The highest BCUT2D eigenvalue weighted by atomic mass is 16.3. The number of aliphatic hydroxyl groups excluding tert-OH is 2. The molecule has 80 valence electrons. The maximum atomic E-state index is 8.97. The SMILES string of the molecule is CCCCCCC(CO)NCCO. The molecule has 3 N–H and O–H groups in total. The fourth-order valence-electron chi connectivity index (χ4n) is 1.34. The second kappa shape index (κ2) is 9.96. The standard InChI is InChI=1S/C10H23NO2/c1-2-3-4-5-6-10(9-13)11-7-8-12/h10-13H,2-9H2,1H3. The van der Waals surface area contributed by atoms with E-state index >= 15 is 0 Å². The first-order valence-electron chi connectivity index (χ1n) is 5.30. The molecule has 0 aromatic heterocycles. The van der Waals surface area contributed by atoms with Gasteiger partial charge in [-0.05, 0) is 6.42 Å². The molecular weight excluding hydrogens is 166 g/mol. The lowest BCUT2D eigenvalue weighted by molar-refractivity contribution is 0.217. The molecule has 0 aliphatic rings. The molecule has 0 fully saturated rings. The highest BCUT2D eigenvalue weighted by Gasteiger charge is 2.04. The molecule has 3 heteroatoms. The molecule has 0 heterocycles. The van der Waals surface area contributed by atoms with Crippen LogP contribution in [-0.4, -0.2) is 36.0 Å². The Balaban J connectivity index is 3.25. The average Bonchev–Trinajstić information content (AvgIpc) is 2.17. The minimum Gasteiger partial charge on any atom is -0.395 e. The molecule has 13 heavy (non-hydrogen) atoms. The van der Waals surface area contributed by atoms with Crippen molar-refractivity contribution in [1.29, 1.82) is 0 Å². The lowest BCUT2D eigenvalue weighted by atomic mass is 10.1. The van der Waals surface area contributed by atoms with Crippen LogP contribution in [0.15, 0.2) is 0 Å². The van der Waals surface area contributed by atoms with E-state index in [0.717, 1.165) is 12.8 Å². The van der Waals surface area contributed by atoms with Crippen LogP contribution in [0.3, 0.4) is 0 Å². The van der Waals surface area contributed by atoms with Crippen LogP contribution in [-0.2, 0) is 0 Å². The largest absolute Gasteiger partial charge is 0.395 e. The van der Waals surface area contributed by atoms with E-state index in [4.69, 9.17) is 10.2 Å². The van der Waals surface area contributed by atoms with Crippen molar-refractivity contribution < 1.29 is 10.2 Å². The van der Waals surface area contributed by atoms with Crippen molar-refractivity contribution >= 4 is 0 Å². The molecule has 0 aromatic carbocycles. The van der Waals surface area contributed by atoms with Crippen LogP contribution in [0.2, 0.25) is 0 Å². The van der Waals surface area contributed by atoms with Crippen LogP contribution in [0.25, 0.3) is 0 Å². The fraction of sp³-hybridized carbons (Fsp3) is 1.00. The maximum Gasteiger partial charge on any atom is 0.0584 e. The normalized spacial score (nSPS) is 13.2. The van der Waals surface area contributed by atoms with E-state index in [1.54, 1.807) is 0 Å². The molecular formula is C10H23NO2. The minimum absolute atomic E-state index is 0.144. The number of unbranched alkanes of at least 4 members (excludes halogenated alkanes) is 3. The molecule has 0 saturated carbocycles. The van der Waals surface area contributed by atoms with Gasteiger partial charge >= 0.3 is 0 Å². The average molecular weight is 189 g/mol. The summed E-state index contributed by atoms with van der Waals surface area (Å²) in [6.45, 7) is 3.09. The van der Waals surface area contributed by atoms with Gasteiger partial charge in [-0.2, -0.15) is 0 Å². The molecule has 0 bridgehead atoms. The number of hydrogen-bond acceptors (Lipinski definition) is 3. The monoisotopic (exact) mass is 189 g/mol. The van der Waals surface area contributed by atoms with Gasteiger partial charge in [-0.15, -0.1) is 0 Å². The zero-order valence-corrected chi connectivity index (χ0v) is 8.63. The van der Waals surface area contributed by atoms with E-state index in [9.17, 15) is 0 Å². The third kappa shape index (κ3) is 8.22. The highest BCUT2D eigenvalue weighted by molar-refractivity contribution is 4.64. The van der Waals surface area contributed by atoms with Gasteiger partial charge in [0.25, 0.3) is 0 Å². The molecule has 0 rings (SSSR count). The van der Waals surface area contributed by atoms with E-state index in [1.165, 1.54) is 19.3 Å². The molecule has 0 spiro atoms. The summed E-state index contributed by atoms with van der Waals surface area (Å²) in [5, 5.41) is 20.6. The number of aliphatic hydroxyl groups is 2. The van der Waals surface area contributed by atoms with E-state index in [1.807, 2.05) is 0 Å². The van der Waals surface area contributed by atoms with E-state index in [0.29, 0.717) is 6.54 Å². The quantitative estimate of drug-likeness (QED) is 0.472. The van der Waals surface area contributed by atoms with Gasteiger partial charge in [0.1, 0.15) is 0 Å². The topological polar surface area (TPSA) is 52.5 Å². The van der Waals surface area contributed by atoms with Crippen LogP contribution >= 0.6 is 0 Å². The second-order valence-electron chi connectivity index (χ2n) is 3.41. The molecule has 1 atom stereocenters. The Morgan fingerprint density at radius 1 is 1.15 bits per heavy atom. The first-order valence-corrected chi connectivity index (χ1v) is 5.30. The maximum absolute atomic E-state index is 8.97. The molecule has 3 nitrogen and oxygen atoms in total. The van der Waals surface area contributed by atoms with Crippen molar-refractivity contribution in [2.24, 2.45) is 0 Å². The summed E-state index contributed by atoms with van der Waals surface area (Å²) in [7, 11) is 0. The zero-order valence-electron chi connectivity index (χ0n) is 8.63. The van der Waals surface area contributed by atoms with Gasteiger partial charge in [-0.25, -0.2) is 0 Å². The Hall–Kier alpha value is -0.120. The fourth-order valence-corrected chi connectivity index (χ4v) is 1.34. The van der Waals surface area contributed by atoms with Crippen LogP contribution < -0.4 is 5.32 Å². The Kier molecular flexibility index (Phi) is 9.87. The third-order valence-electron chi connectivity index (χ3n) is 2.17. The summed E-state index contributed by atoms with van der Waals surface area (Å²) in [5.41, 5.74) is 0. The smallest absolute Gasteiger partial charge is 0.0584 e. The number of rotatable bonds is 9. The van der Waals surface area contributed by atoms with Gasteiger partial charge < -0.3 is 15.5 Å². The summed E-state index contributed by atoms with van der Waals surface area (Å²) < 4.78 is 0. The minimum atomic E-state index is 0.144. The molecule has 0 amide bonds. The zero-order chi connectivity index (χ0) is 9.94. The predicted octanol–water partition coefficient (Wildman–Crippen LogP) is 0.900. The van der Waals surface area contributed by atoms with E-state index in [-0.39, 0.29) is 19.3 Å². The summed E-state index contributed by atoms with van der Waals surface area (Å²) in [6.07, 6.45) is 5.94. The van der Waals surface area contributed by atoms with Crippen molar-refractivity contribution in [3.63, 3.8) is 0 Å². The van der Waals surface area contributed by atoms with Gasteiger partial charge in [0, 0.05) is 12.6 Å². The molecule has 0 saturated heterocycles. The number of nitrogens with one attached hydrogen (secondary N) is 1. The molecule has 0 aromatic rings. The van der Waals surface area contributed by atoms with E-state index in [2.05, 4.69) is 12.2 Å². The van der Waals surface area contributed by atoms with Crippen molar-refractivity contribution in [2.75, 3.05) is 19.8 Å². The van der Waals surface area contributed by atoms with Gasteiger partial charge in [-0.3, -0.25) is 0 Å². The Morgan fingerprint density at radius 3 is 2.46 bits per heavy atom. The van der Waals surface area contributed by atoms with Crippen LogP contribution in [0.1, 0.15) is 39.0 Å². The van der Waals surface area contributed by atoms with Gasteiger partial charge in [0.15, 0.2) is 0 Å². The Morgan fingerprint density at radius 2 is 1.92 bits per heavy atom. The molecule has 0 aliphatic carbocycles. The van der Waals surface area contributed by atoms with Crippen molar-refractivity contribution in [2.45, 2.75) is 45.1 Å². The van der Waals surface area contributed by atoms with E-state index < -0.39 is 0 Å². The Bertz CT molecular complexity index is 98.9. The predicted molar refractivity (Wildman–Crippen MR) is 54.7 cm³/mol. The highest BCUT2D eigenvalue weighted by Crippen LogP contribution is 2.04. The van der Waals surface area contributed by atoms with Crippen molar-refractivity contribution in [3.05, 3.63) is 0 Å². The number of hydrogen-bond donors (Lipinski definition) is 3. The first-order chi connectivity index (χ1) is 6.35. The third-order valence-corrected chi connectivity index (χ3v) is 2.17. The van der Waals surface area contributed by atoms with Gasteiger partial charge in [-0.1, -0.05) is 32.6 Å². The second-order valence-corrected chi connectivity index (χ2v) is 3.41. The van der Waals surface area contributed by atoms with Crippen molar-refractivity contribution in [3.8, 4) is 0 Å². The summed E-state index contributed by atoms with van der Waals surface area (Å²) in [4.78, 5) is 0. The summed E-state index contributed by atoms with van der Waals surface area (Å²) in [5.74, 6) is 0. The summed E-state index contributed by atoms with van der Waals surface area (Å²) in [6, 6.07) is 0.170. The molecule has 1 unspecified atom stereocenters. The lowest BCUT2D eigenvalue weighted by Gasteiger charge is -2.14.